The van der Waals surface area contributed by atoms with Crippen LogP contribution in [0.25, 0.3) is 11.1 Å². The third-order valence-electron chi connectivity index (χ3n) is 3.88. The van der Waals surface area contributed by atoms with Crippen LogP contribution >= 0.6 is 11.6 Å². The van der Waals surface area contributed by atoms with E-state index in [1.165, 1.54) is 18.8 Å². The highest BCUT2D eigenvalue weighted by molar-refractivity contribution is 6.32. The Bertz CT molecular complexity index is 1010. The molecule has 3 aromatic rings. The molecule has 0 fully saturated rings. The van der Waals surface area contributed by atoms with E-state index < -0.39 is 5.76 Å². The smallest absolute Gasteiger partial charge is 0.419 e. The molecule has 1 heterocycles. The van der Waals surface area contributed by atoms with Crippen LogP contribution in [0.1, 0.15) is 6.42 Å². The minimum Gasteiger partial charge on any atom is -0.495 e. The molecule has 0 bridgehead atoms. The molecular formula is C18H17ClN2O5. The number of carbonyl (C=O) groups excluding carboxylic acids is 1. The van der Waals surface area contributed by atoms with Gasteiger partial charge in [0.25, 0.3) is 0 Å². The fourth-order valence-corrected chi connectivity index (χ4v) is 2.84. The van der Waals surface area contributed by atoms with Crippen molar-refractivity contribution < 1.29 is 18.7 Å². The van der Waals surface area contributed by atoms with Crippen molar-refractivity contribution in [3.8, 4) is 11.5 Å². The van der Waals surface area contributed by atoms with E-state index in [0.29, 0.717) is 33.3 Å². The van der Waals surface area contributed by atoms with Gasteiger partial charge in [0.1, 0.15) is 11.5 Å². The molecule has 1 N–H and O–H groups in total. The van der Waals surface area contributed by atoms with Crippen molar-refractivity contribution in [2.75, 3.05) is 19.5 Å². The third-order valence-corrected chi connectivity index (χ3v) is 4.18. The van der Waals surface area contributed by atoms with E-state index in [1.807, 2.05) is 0 Å². The average Bonchev–Trinajstić information content (AvgIpc) is 2.96. The largest absolute Gasteiger partial charge is 0.495 e. The Morgan fingerprint density at radius 1 is 1.19 bits per heavy atom. The average molecular weight is 377 g/mol. The zero-order valence-electron chi connectivity index (χ0n) is 14.2. The van der Waals surface area contributed by atoms with Crippen molar-refractivity contribution in [2.24, 2.45) is 0 Å². The zero-order valence-corrected chi connectivity index (χ0v) is 15.0. The van der Waals surface area contributed by atoms with Crippen LogP contribution in [0.5, 0.6) is 11.5 Å². The summed E-state index contributed by atoms with van der Waals surface area (Å²) in [6.07, 6.45) is 0.0809. The van der Waals surface area contributed by atoms with Crippen LogP contribution in [-0.4, -0.2) is 24.7 Å². The SMILES string of the molecule is COc1cc(NC(=O)CCn2c(=O)oc3ccccc32)c(OC)cc1Cl. The number of benzene rings is 2. The summed E-state index contributed by atoms with van der Waals surface area (Å²) in [6.45, 7) is 0.189. The van der Waals surface area contributed by atoms with Gasteiger partial charge >= 0.3 is 5.76 Å². The summed E-state index contributed by atoms with van der Waals surface area (Å²) < 4.78 is 17.0. The standard InChI is InChI=1S/C18H17ClN2O5/c1-24-15-10-12(16(25-2)9-11(15)19)20-17(22)7-8-21-13-5-3-4-6-14(13)26-18(21)23/h3-6,9-10H,7-8H2,1-2H3,(H,20,22). The van der Waals surface area contributed by atoms with E-state index in [2.05, 4.69) is 5.32 Å². The summed E-state index contributed by atoms with van der Waals surface area (Å²) in [5.41, 5.74) is 1.57. The van der Waals surface area contributed by atoms with Crippen LogP contribution in [-0.2, 0) is 11.3 Å². The number of ether oxygens (including phenoxy) is 2. The molecule has 0 saturated heterocycles. The maximum atomic E-state index is 12.3. The second-order valence-electron chi connectivity index (χ2n) is 5.47. The van der Waals surface area contributed by atoms with Crippen LogP contribution in [0.3, 0.4) is 0 Å². The first kappa shape index (κ1) is 17.9. The molecule has 1 amide bonds. The molecule has 3 rings (SSSR count). The molecule has 0 aliphatic rings. The van der Waals surface area contributed by atoms with Gasteiger partial charge in [-0.05, 0) is 12.1 Å². The molecule has 8 heteroatoms. The number of carbonyl (C=O) groups is 1. The maximum Gasteiger partial charge on any atom is 0.419 e. The van der Waals surface area contributed by atoms with E-state index in [-0.39, 0.29) is 18.9 Å². The Hall–Kier alpha value is -2.93. The monoisotopic (exact) mass is 376 g/mol. The number of oxazole rings is 1. The molecule has 0 aliphatic heterocycles. The van der Waals surface area contributed by atoms with Gasteiger partial charge in [0.15, 0.2) is 5.58 Å². The predicted molar refractivity (Wildman–Crippen MR) is 98.3 cm³/mol. The van der Waals surface area contributed by atoms with Gasteiger partial charge in [0.05, 0.1) is 30.4 Å². The van der Waals surface area contributed by atoms with Gasteiger partial charge < -0.3 is 19.2 Å². The first-order chi connectivity index (χ1) is 12.5. The summed E-state index contributed by atoms with van der Waals surface area (Å²) in [4.78, 5) is 24.3. The van der Waals surface area contributed by atoms with Gasteiger partial charge in [-0.2, -0.15) is 0 Å². The molecular weight excluding hydrogens is 360 g/mol. The molecule has 136 valence electrons. The second-order valence-corrected chi connectivity index (χ2v) is 5.88. The van der Waals surface area contributed by atoms with Gasteiger partial charge in [-0.25, -0.2) is 4.79 Å². The summed E-state index contributed by atoms with van der Waals surface area (Å²) in [5, 5.41) is 3.12. The summed E-state index contributed by atoms with van der Waals surface area (Å²) in [6, 6.07) is 10.2. The number of nitrogens with one attached hydrogen (secondary N) is 1. The van der Waals surface area contributed by atoms with Crippen molar-refractivity contribution in [1.82, 2.24) is 4.57 Å². The lowest BCUT2D eigenvalue weighted by Crippen LogP contribution is -2.20. The van der Waals surface area contributed by atoms with Crippen molar-refractivity contribution in [3.05, 3.63) is 52.0 Å². The lowest BCUT2D eigenvalue weighted by molar-refractivity contribution is -0.116. The summed E-state index contributed by atoms with van der Waals surface area (Å²) in [7, 11) is 2.96. The van der Waals surface area contributed by atoms with Crippen LogP contribution in [0.2, 0.25) is 5.02 Å². The van der Waals surface area contributed by atoms with Gasteiger partial charge in [-0.3, -0.25) is 9.36 Å². The molecule has 0 aliphatic carbocycles. The highest BCUT2D eigenvalue weighted by Crippen LogP contribution is 2.35. The summed E-state index contributed by atoms with van der Waals surface area (Å²) >= 11 is 6.05. The number of rotatable bonds is 6. The van der Waals surface area contributed by atoms with Crippen molar-refractivity contribution in [3.63, 3.8) is 0 Å². The molecule has 26 heavy (non-hydrogen) atoms. The number of hydrogen-bond donors (Lipinski definition) is 1. The van der Waals surface area contributed by atoms with Crippen molar-refractivity contribution in [1.29, 1.82) is 0 Å². The van der Waals surface area contributed by atoms with Gasteiger partial charge in [0.2, 0.25) is 5.91 Å². The highest BCUT2D eigenvalue weighted by Gasteiger charge is 2.14. The Morgan fingerprint density at radius 3 is 2.65 bits per heavy atom. The number of fused-ring (bicyclic) bond motifs is 1. The predicted octanol–water partition coefficient (Wildman–Crippen LogP) is 3.29. The molecule has 0 saturated carbocycles. The number of anilines is 1. The Labute approximate surface area is 154 Å². The van der Waals surface area contributed by atoms with E-state index in [4.69, 9.17) is 25.5 Å². The molecule has 2 aromatic carbocycles. The first-order valence-electron chi connectivity index (χ1n) is 7.83. The van der Waals surface area contributed by atoms with E-state index >= 15 is 0 Å². The highest BCUT2D eigenvalue weighted by atomic mass is 35.5. The Morgan fingerprint density at radius 2 is 1.92 bits per heavy atom. The number of hydrogen-bond acceptors (Lipinski definition) is 5. The van der Waals surface area contributed by atoms with Crippen molar-refractivity contribution in [2.45, 2.75) is 13.0 Å². The molecule has 0 radical (unpaired) electrons. The number of amides is 1. The van der Waals surface area contributed by atoms with Crippen LogP contribution in [0.15, 0.2) is 45.6 Å². The number of nitrogens with zero attached hydrogens (tertiary/aromatic N) is 1. The number of methoxy groups -OCH3 is 2. The minimum atomic E-state index is -0.496. The van der Waals surface area contributed by atoms with Gasteiger partial charge in [-0.1, -0.05) is 23.7 Å². The van der Waals surface area contributed by atoms with Crippen LogP contribution in [0, 0.1) is 0 Å². The van der Waals surface area contributed by atoms with E-state index in [1.54, 1.807) is 36.4 Å². The van der Waals surface area contributed by atoms with Crippen LogP contribution < -0.4 is 20.5 Å². The molecule has 1 aromatic heterocycles. The maximum absolute atomic E-state index is 12.3. The third kappa shape index (κ3) is 3.52. The van der Waals surface area contributed by atoms with Crippen LogP contribution in [0.4, 0.5) is 5.69 Å². The van der Waals surface area contributed by atoms with Gasteiger partial charge in [0, 0.05) is 25.1 Å². The molecule has 0 unspecified atom stereocenters. The molecule has 0 atom stereocenters. The second kappa shape index (κ2) is 7.53. The number of aromatic nitrogens is 1. The number of halogens is 1. The lowest BCUT2D eigenvalue weighted by atomic mass is 10.2. The quantitative estimate of drug-likeness (QED) is 0.713. The fraction of sp³-hybridized carbons (Fsp3) is 0.222. The Kier molecular flexibility index (Phi) is 5.18. The minimum absolute atomic E-state index is 0.0809. The summed E-state index contributed by atoms with van der Waals surface area (Å²) in [5.74, 6) is 0.0458. The Balaban J connectivity index is 1.75. The number of aryl methyl sites for hydroxylation is 1. The first-order valence-corrected chi connectivity index (χ1v) is 8.21. The van der Waals surface area contributed by atoms with E-state index in [9.17, 15) is 9.59 Å². The molecule has 0 spiro atoms. The topological polar surface area (TPSA) is 82.7 Å². The fourth-order valence-electron chi connectivity index (χ4n) is 2.61. The van der Waals surface area contributed by atoms with Gasteiger partial charge in [-0.15, -0.1) is 0 Å². The van der Waals surface area contributed by atoms with E-state index in [0.717, 1.165) is 0 Å². The zero-order chi connectivity index (χ0) is 18.7. The molecule has 7 nitrogen and oxygen atoms in total. The number of para-hydroxylation sites is 2. The normalized spacial score (nSPS) is 10.7. The van der Waals surface area contributed by atoms with Crippen molar-refractivity contribution >= 4 is 34.3 Å². The lowest BCUT2D eigenvalue weighted by Gasteiger charge is -2.13.